The summed E-state index contributed by atoms with van der Waals surface area (Å²) in [6.45, 7) is 1.76. The van der Waals surface area contributed by atoms with E-state index in [-0.39, 0.29) is 27.6 Å². The summed E-state index contributed by atoms with van der Waals surface area (Å²) in [7, 11) is 0. The van der Waals surface area contributed by atoms with E-state index >= 15 is 0 Å². The Morgan fingerprint density at radius 1 is 1.29 bits per heavy atom. The zero-order valence-corrected chi connectivity index (χ0v) is 12.6. The summed E-state index contributed by atoms with van der Waals surface area (Å²) in [6.07, 6.45) is 0. The Kier molecular flexibility index (Phi) is 4.57. The van der Waals surface area contributed by atoms with Gasteiger partial charge in [0.05, 0.1) is 15.7 Å². The van der Waals surface area contributed by atoms with Crippen LogP contribution in [0.5, 0.6) is 0 Å². The van der Waals surface area contributed by atoms with E-state index in [1.807, 2.05) is 0 Å². The van der Waals surface area contributed by atoms with Crippen LogP contribution < -0.4 is 5.32 Å². The highest BCUT2D eigenvalue weighted by atomic mass is 79.9. The van der Waals surface area contributed by atoms with E-state index in [4.69, 9.17) is 5.11 Å². The van der Waals surface area contributed by atoms with Crippen LogP contribution in [0.15, 0.2) is 40.9 Å². The number of aromatic carboxylic acids is 1. The average molecular weight is 356 g/mol. The summed E-state index contributed by atoms with van der Waals surface area (Å²) in [4.78, 5) is 10.9. The SMILES string of the molecule is CC(Nc1ccc(C(=O)O)c(Br)c1F)c1cccc(F)c1. The van der Waals surface area contributed by atoms with Crippen LogP contribution in [0.1, 0.15) is 28.9 Å². The zero-order chi connectivity index (χ0) is 15.6. The van der Waals surface area contributed by atoms with Crippen LogP contribution in [0.3, 0.4) is 0 Å². The van der Waals surface area contributed by atoms with Crippen molar-refractivity contribution in [1.29, 1.82) is 0 Å². The van der Waals surface area contributed by atoms with Crippen LogP contribution in [0.2, 0.25) is 0 Å². The number of benzene rings is 2. The highest BCUT2D eigenvalue weighted by molar-refractivity contribution is 9.10. The molecule has 0 spiro atoms. The van der Waals surface area contributed by atoms with Crippen molar-refractivity contribution in [3.8, 4) is 0 Å². The number of carboxylic acid groups (broad SMARTS) is 1. The molecule has 0 aliphatic rings. The van der Waals surface area contributed by atoms with Gasteiger partial charge in [0, 0.05) is 6.04 Å². The van der Waals surface area contributed by atoms with Crippen LogP contribution in [0, 0.1) is 11.6 Å². The second-order valence-electron chi connectivity index (χ2n) is 4.51. The molecular formula is C15H12BrF2NO2. The lowest BCUT2D eigenvalue weighted by molar-refractivity contribution is 0.0695. The molecule has 3 nitrogen and oxygen atoms in total. The Bertz CT molecular complexity index is 691. The fourth-order valence-corrected chi connectivity index (χ4v) is 2.43. The second kappa shape index (κ2) is 6.22. The molecule has 2 aromatic rings. The minimum atomic E-state index is -1.22. The number of hydrogen-bond acceptors (Lipinski definition) is 2. The third-order valence-corrected chi connectivity index (χ3v) is 3.81. The molecule has 0 amide bonds. The maximum atomic E-state index is 14.1. The van der Waals surface area contributed by atoms with Gasteiger partial charge in [-0.3, -0.25) is 0 Å². The molecule has 21 heavy (non-hydrogen) atoms. The van der Waals surface area contributed by atoms with Gasteiger partial charge in [0.2, 0.25) is 0 Å². The van der Waals surface area contributed by atoms with E-state index in [9.17, 15) is 13.6 Å². The Balaban J connectivity index is 2.28. The van der Waals surface area contributed by atoms with E-state index in [1.165, 1.54) is 24.3 Å². The van der Waals surface area contributed by atoms with Crippen LogP contribution in [0.25, 0.3) is 0 Å². The third-order valence-electron chi connectivity index (χ3n) is 3.03. The molecular weight excluding hydrogens is 344 g/mol. The van der Waals surface area contributed by atoms with Gasteiger partial charge in [-0.25, -0.2) is 13.6 Å². The summed E-state index contributed by atoms with van der Waals surface area (Å²) in [5.74, 6) is -2.28. The largest absolute Gasteiger partial charge is 0.478 e. The summed E-state index contributed by atoms with van der Waals surface area (Å²) in [5, 5.41) is 11.8. The molecule has 0 saturated heterocycles. The molecule has 0 fully saturated rings. The fourth-order valence-electron chi connectivity index (χ4n) is 1.92. The van der Waals surface area contributed by atoms with Gasteiger partial charge in [-0.2, -0.15) is 0 Å². The van der Waals surface area contributed by atoms with Crippen molar-refractivity contribution in [1.82, 2.24) is 0 Å². The molecule has 6 heteroatoms. The van der Waals surface area contributed by atoms with E-state index in [0.717, 1.165) is 0 Å². The van der Waals surface area contributed by atoms with Crippen molar-refractivity contribution >= 4 is 27.6 Å². The monoisotopic (exact) mass is 355 g/mol. The molecule has 0 aromatic heterocycles. The van der Waals surface area contributed by atoms with Crippen molar-refractivity contribution in [2.24, 2.45) is 0 Å². The number of carboxylic acids is 1. The predicted octanol–water partition coefficient (Wildman–Crippen LogP) is 4.60. The highest BCUT2D eigenvalue weighted by Gasteiger charge is 2.17. The molecule has 0 saturated carbocycles. The smallest absolute Gasteiger partial charge is 0.336 e. The van der Waals surface area contributed by atoms with E-state index in [1.54, 1.807) is 19.1 Å². The Morgan fingerprint density at radius 2 is 2.00 bits per heavy atom. The van der Waals surface area contributed by atoms with Crippen LogP contribution in [-0.2, 0) is 0 Å². The van der Waals surface area contributed by atoms with Gasteiger partial charge in [-0.1, -0.05) is 12.1 Å². The molecule has 0 aliphatic heterocycles. The van der Waals surface area contributed by atoms with Gasteiger partial charge in [0.1, 0.15) is 5.82 Å². The topological polar surface area (TPSA) is 49.3 Å². The number of carbonyl (C=O) groups is 1. The average Bonchev–Trinajstić information content (AvgIpc) is 2.43. The number of halogens is 3. The lowest BCUT2D eigenvalue weighted by atomic mass is 10.1. The molecule has 2 aromatic carbocycles. The Hall–Kier alpha value is -1.95. The minimum absolute atomic E-state index is 0.119. The van der Waals surface area contributed by atoms with Crippen molar-refractivity contribution in [2.75, 3.05) is 5.32 Å². The maximum absolute atomic E-state index is 14.1. The second-order valence-corrected chi connectivity index (χ2v) is 5.31. The van der Waals surface area contributed by atoms with Crippen molar-refractivity contribution in [3.05, 3.63) is 63.6 Å². The summed E-state index contributed by atoms with van der Waals surface area (Å²) < 4.78 is 27.2. The molecule has 110 valence electrons. The number of rotatable bonds is 4. The first-order valence-electron chi connectivity index (χ1n) is 6.13. The summed E-state index contributed by atoms with van der Waals surface area (Å²) >= 11 is 2.93. The molecule has 2 N–H and O–H groups in total. The Morgan fingerprint density at radius 3 is 2.62 bits per heavy atom. The van der Waals surface area contributed by atoms with E-state index < -0.39 is 11.8 Å². The van der Waals surface area contributed by atoms with E-state index in [2.05, 4.69) is 21.2 Å². The van der Waals surface area contributed by atoms with Gasteiger partial charge in [-0.15, -0.1) is 0 Å². The number of nitrogens with one attached hydrogen (secondary N) is 1. The molecule has 0 radical (unpaired) electrons. The number of hydrogen-bond donors (Lipinski definition) is 2. The molecule has 1 unspecified atom stereocenters. The quantitative estimate of drug-likeness (QED) is 0.842. The first-order chi connectivity index (χ1) is 9.90. The van der Waals surface area contributed by atoms with Gasteiger partial charge in [-0.05, 0) is 52.7 Å². The standard InChI is InChI=1S/C15H12BrF2NO2/c1-8(9-3-2-4-10(17)7-9)19-12-6-5-11(15(20)21)13(16)14(12)18/h2-8,19H,1H3,(H,20,21). The third kappa shape index (κ3) is 3.39. The van der Waals surface area contributed by atoms with Gasteiger partial charge < -0.3 is 10.4 Å². The van der Waals surface area contributed by atoms with Crippen molar-refractivity contribution in [3.63, 3.8) is 0 Å². The highest BCUT2D eigenvalue weighted by Crippen LogP contribution is 2.29. The normalized spacial score (nSPS) is 12.0. The van der Waals surface area contributed by atoms with Gasteiger partial charge in [0.15, 0.2) is 5.82 Å². The maximum Gasteiger partial charge on any atom is 0.336 e. The molecule has 0 heterocycles. The van der Waals surface area contributed by atoms with E-state index in [0.29, 0.717) is 5.56 Å². The predicted molar refractivity (Wildman–Crippen MR) is 79.5 cm³/mol. The molecule has 0 aliphatic carbocycles. The van der Waals surface area contributed by atoms with Crippen molar-refractivity contribution < 1.29 is 18.7 Å². The van der Waals surface area contributed by atoms with Crippen LogP contribution in [-0.4, -0.2) is 11.1 Å². The van der Waals surface area contributed by atoms with Crippen molar-refractivity contribution in [2.45, 2.75) is 13.0 Å². The van der Waals surface area contributed by atoms with Crippen LogP contribution in [0.4, 0.5) is 14.5 Å². The molecule has 0 bridgehead atoms. The summed E-state index contributed by atoms with van der Waals surface area (Å²) in [6, 6.07) is 8.29. The fraction of sp³-hybridized carbons (Fsp3) is 0.133. The molecule has 2 rings (SSSR count). The molecule has 1 atom stereocenters. The number of anilines is 1. The van der Waals surface area contributed by atoms with Crippen LogP contribution >= 0.6 is 15.9 Å². The zero-order valence-electron chi connectivity index (χ0n) is 11.0. The lowest BCUT2D eigenvalue weighted by Crippen LogP contribution is -2.10. The van der Waals surface area contributed by atoms with Gasteiger partial charge in [0.25, 0.3) is 0 Å². The lowest BCUT2D eigenvalue weighted by Gasteiger charge is -2.17. The minimum Gasteiger partial charge on any atom is -0.478 e. The first kappa shape index (κ1) is 15.4. The summed E-state index contributed by atoms with van der Waals surface area (Å²) in [5.41, 5.74) is 0.646. The first-order valence-corrected chi connectivity index (χ1v) is 6.92. The van der Waals surface area contributed by atoms with Gasteiger partial charge >= 0.3 is 5.97 Å². The Labute approximate surface area is 128 Å².